The molecule has 0 radical (unpaired) electrons. The first-order valence-electron chi connectivity index (χ1n) is 7.33. The van der Waals surface area contributed by atoms with Crippen LogP contribution >= 0.6 is 0 Å². The molecule has 116 valence electrons. The second-order valence-corrected chi connectivity index (χ2v) is 5.20. The van der Waals surface area contributed by atoms with Crippen molar-refractivity contribution in [3.8, 4) is 0 Å². The maximum absolute atomic E-state index is 11.7. The van der Waals surface area contributed by atoms with Crippen LogP contribution in [0.1, 0.15) is 27.2 Å². The second-order valence-electron chi connectivity index (χ2n) is 5.20. The fraction of sp³-hybridized carbons (Fsp3) is 0.857. The van der Waals surface area contributed by atoms with Crippen molar-refractivity contribution in [1.29, 1.82) is 0 Å². The van der Waals surface area contributed by atoms with Crippen molar-refractivity contribution in [1.82, 2.24) is 15.1 Å². The quantitative estimate of drug-likeness (QED) is 0.671. The monoisotopic (exact) mass is 285 g/mol. The van der Waals surface area contributed by atoms with Gasteiger partial charge in [0.1, 0.15) is 6.04 Å². The largest absolute Gasteiger partial charge is 0.467 e. The number of hydrogen-bond donors (Lipinski definition) is 1. The molecule has 0 aromatic rings. The number of nitrogens with zero attached hydrogens (tertiary/aromatic N) is 2. The van der Waals surface area contributed by atoms with Crippen LogP contribution in [0.15, 0.2) is 0 Å². The summed E-state index contributed by atoms with van der Waals surface area (Å²) >= 11 is 0. The molecule has 0 aromatic heterocycles. The van der Waals surface area contributed by atoms with Gasteiger partial charge in [0.15, 0.2) is 0 Å². The highest BCUT2D eigenvalue weighted by atomic mass is 16.5. The lowest BCUT2D eigenvalue weighted by atomic mass is 10.2. The van der Waals surface area contributed by atoms with Crippen LogP contribution in [-0.2, 0) is 14.3 Å². The van der Waals surface area contributed by atoms with E-state index in [1.165, 1.54) is 14.0 Å². The van der Waals surface area contributed by atoms with E-state index in [4.69, 9.17) is 4.74 Å². The van der Waals surface area contributed by atoms with E-state index in [0.29, 0.717) is 12.6 Å². The predicted octanol–water partition coefficient (Wildman–Crippen LogP) is 0.0802. The van der Waals surface area contributed by atoms with Crippen LogP contribution in [0.3, 0.4) is 0 Å². The van der Waals surface area contributed by atoms with Gasteiger partial charge in [0, 0.05) is 26.1 Å². The Kier molecular flexibility index (Phi) is 6.95. The highest BCUT2D eigenvalue weighted by Crippen LogP contribution is 2.15. The van der Waals surface area contributed by atoms with Gasteiger partial charge in [-0.1, -0.05) is 13.8 Å². The Morgan fingerprint density at radius 2 is 2.05 bits per heavy atom. The van der Waals surface area contributed by atoms with E-state index < -0.39 is 6.04 Å². The Labute approximate surface area is 121 Å². The van der Waals surface area contributed by atoms with E-state index >= 15 is 0 Å². The molecular formula is C14H27N3O3. The van der Waals surface area contributed by atoms with Crippen LogP contribution < -0.4 is 5.32 Å². The number of rotatable bonds is 7. The van der Waals surface area contributed by atoms with Crippen LogP contribution in [0.4, 0.5) is 0 Å². The number of methoxy groups -OCH3 is 1. The van der Waals surface area contributed by atoms with Crippen LogP contribution in [-0.4, -0.2) is 73.6 Å². The Bertz CT molecular complexity index is 332. The molecule has 1 fully saturated rings. The summed E-state index contributed by atoms with van der Waals surface area (Å²) < 4.78 is 4.75. The van der Waals surface area contributed by atoms with Crippen molar-refractivity contribution in [3.63, 3.8) is 0 Å². The van der Waals surface area contributed by atoms with Gasteiger partial charge in [0.2, 0.25) is 5.91 Å². The number of esters is 1. The lowest BCUT2D eigenvalue weighted by Crippen LogP contribution is -2.48. The zero-order valence-corrected chi connectivity index (χ0v) is 13.0. The Hall–Kier alpha value is -1.14. The number of nitrogens with one attached hydrogen (secondary N) is 1. The number of likely N-dealkylation sites (tertiary alicyclic amines) is 1. The standard InChI is InChI=1S/C14H27N3O3/c1-5-17(6-2)12-7-8-16(9-12)10-13(14(19)20-4)15-11(3)18/h12-13H,5-10H2,1-4H3,(H,15,18). The molecule has 0 saturated carbocycles. The molecule has 1 amide bonds. The molecule has 1 heterocycles. The Morgan fingerprint density at radius 1 is 1.40 bits per heavy atom. The molecule has 0 bridgehead atoms. The Morgan fingerprint density at radius 3 is 2.55 bits per heavy atom. The van der Waals surface area contributed by atoms with E-state index in [0.717, 1.165) is 32.6 Å². The lowest BCUT2D eigenvalue weighted by Gasteiger charge is -2.27. The molecule has 20 heavy (non-hydrogen) atoms. The van der Waals surface area contributed by atoms with Crippen LogP contribution in [0.2, 0.25) is 0 Å². The van der Waals surface area contributed by atoms with Crippen LogP contribution in [0.5, 0.6) is 0 Å². The highest BCUT2D eigenvalue weighted by molar-refractivity contribution is 5.83. The van der Waals surface area contributed by atoms with Gasteiger partial charge >= 0.3 is 5.97 Å². The van der Waals surface area contributed by atoms with Crippen molar-refractivity contribution in [3.05, 3.63) is 0 Å². The van der Waals surface area contributed by atoms with E-state index in [2.05, 4.69) is 29.0 Å². The molecule has 2 unspecified atom stereocenters. The van der Waals surface area contributed by atoms with Crippen molar-refractivity contribution in [2.24, 2.45) is 0 Å². The SMILES string of the molecule is CCN(CC)C1CCN(CC(NC(C)=O)C(=O)OC)C1. The van der Waals surface area contributed by atoms with Crippen molar-refractivity contribution in [2.45, 2.75) is 39.3 Å². The van der Waals surface area contributed by atoms with Gasteiger partial charge < -0.3 is 10.1 Å². The summed E-state index contributed by atoms with van der Waals surface area (Å²) in [7, 11) is 1.35. The molecule has 2 atom stereocenters. The number of hydrogen-bond acceptors (Lipinski definition) is 5. The van der Waals surface area contributed by atoms with E-state index in [1.54, 1.807) is 0 Å². The molecular weight excluding hydrogens is 258 g/mol. The van der Waals surface area contributed by atoms with Gasteiger partial charge in [-0.2, -0.15) is 0 Å². The molecule has 6 nitrogen and oxygen atoms in total. The van der Waals surface area contributed by atoms with Crippen molar-refractivity contribution < 1.29 is 14.3 Å². The maximum atomic E-state index is 11.7. The first-order chi connectivity index (χ1) is 9.51. The smallest absolute Gasteiger partial charge is 0.329 e. The van der Waals surface area contributed by atoms with Gasteiger partial charge in [-0.15, -0.1) is 0 Å². The fourth-order valence-corrected chi connectivity index (χ4v) is 2.84. The third-order valence-corrected chi connectivity index (χ3v) is 3.88. The van der Waals surface area contributed by atoms with Gasteiger partial charge in [-0.3, -0.25) is 14.6 Å². The second kappa shape index (κ2) is 8.21. The number of ether oxygens (including phenoxy) is 1. The number of amides is 1. The first-order valence-corrected chi connectivity index (χ1v) is 7.33. The summed E-state index contributed by atoms with van der Waals surface area (Å²) in [6, 6.07) is -0.0337. The fourth-order valence-electron chi connectivity index (χ4n) is 2.84. The molecule has 0 aliphatic carbocycles. The molecule has 0 aromatic carbocycles. The average molecular weight is 285 g/mol. The average Bonchev–Trinajstić information content (AvgIpc) is 2.86. The van der Waals surface area contributed by atoms with Gasteiger partial charge in [-0.25, -0.2) is 4.79 Å². The van der Waals surface area contributed by atoms with Crippen molar-refractivity contribution in [2.75, 3.05) is 39.8 Å². The summed E-state index contributed by atoms with van der Waals surface area (Å²) in [6.45, 7) is 10.2. The molecule has 1 aliphatic heterocycles. The van der Waals surface area contributed by atoms with Crippen LogP contribution in [0, 0.1) is 0 Å². The first kappa shape index (κ1) is 16.9. The molecule has 1 N–H and O–H groups in total. The third kappa shape index (κ3) is 4.76. The summed E-state index contributed by atoms with van der Waals surface area (Å²) in [6.07, 6.45) is 1.11. The Balaban J connectivity index is 2.54. The van der Waals surface area contributed by atoms with Crippen molar-refractivity contribution >= 4 is 11.9 Å². The lowest BCUT2D eigenvalue weighted by molar-refractivity contribution is -0.145. The molecule has 6 heteroatoms. The number of likely N-dealkylation sites (N-methyl/N-ethyl adjacent to an activating group) is 1. The molecule has 1 saturated heterocycles. The zero-order valence-electron chi connectivity index (χ0n) is 13.0. The summed E-state index contributed by atoms with van der Waals surface area (Å²) in [5.74, 6) is -0.591. The zero-order chi connectivity index (χ0) is 15.1. The number of carbonyl (C=O) groups is 2. The highest BCUT2D eigenvalue weighted by Gasteiger charge is 2.30. The topological polar surface area (TPSA) is 61.9 Å². The third-order valence-electron chi connectivity index (χ3n) is 3.88. The van der Waals surface area contributed by atoms with E-state index in [1.807, 2.05) is 0 Å². The van der Waals surface area contributed by atoms with Gasteiger partial charge in [0.25, 0.3) is 0 Å². The molecule has 1 aliphatic rings. The van der Waals surface area contributed by atoms with Gasteiger partial charge in [-0.05, 0) is 26.1 Å². The number of carbonyl (C=O) groups excluding carboxylic acids is 2. The van der Waals surface area contributed by atoms with E-state index in [9.17, 15) is 9.59 Å². The minimum absolute atomic E-state index is 0.208. The van der Waals surface area contributed by atoms with E-state index in [-0.39, 0.29) is 11.9 Å². The molecule has 1 rings (SSSR count). The summed E-state index contributed by atoms with van der Waals surface area (Å²) in [4.78, 5) is 27.5. The van der Waals surface area contributed by atoms with Gasteiger partial charge in [0.05, 0.1) is 7.11 Å². The minimum Gasteiger partial charge on any atom is -0.467 e. The summed E-state index contributed by atoms with van der Waals surface area (Å²) in [5.41, 5.74) is 0. The maximum Gasteiger partial charge on any atom is 0.329 e. The predicted molar refractivity (Wildman–Crippen MR) is 77.4 cm³/mol. The van der Waals surface area contributed by atoms with Crippen LogP contribution in [0.25, 0.3) is 0 Å². The molecule has 0 spiro atoms. The minimum atomic E-state index is -0.576. The summed E-state index contributed by atoms with van der Waals surface area (Å²) in [5, 5.41) is 2.66. The normalized spacial score (nSPS) is 20.9.